The van der Waals surface area contributed by atoms with E-state index in [0.717, 1.165) is 17.5 Å². The van der Waals surface area contributed by atoms with Crippen molar-refractivity contribution in [2.45, 2.75) is 40.3 Å². The van der Waals surface area contributed by atoms with Crippen LogP contribution in [0.15, 0.2) is 53.6 Å². The molecule has 0 saturated heterocycles. The molecule has 27 heavy (non-hydrogen) atoms. The summed E-state index contributed by atoms with van der Waals surface area (Å²) in [4.78, 5) is 31.8. The topological polar surface area (TPSA) is 55.2 Å². The van der Waals surface area contributed by atoms with Gasteiger partial charge in [0.25, 0.3) is 5.56 Å². The van der Waals surface area contributed by atoms with E-state index in [1.54, 1.807) is 11.0 Å². The maximum atomic E-state index is 12.9. The highest BCUT2D eigenvalue weighted by atomic mass is 16.2. The van der Waals surface area contributed by atoms with E-state index in [-0.39, 0.29) is 18.0 Å². The molecule has 3 aromatic rings. The first-order valence-electron chi connectivity index (χ1n) is 9.27. The summed E-state index contributed by atoms with van der Waals surface area (Å²) < 4.78 is 1.40. The number of nitrogens with zero attached hydrogens (tertiary/aromatic N) is 3. The van der Waals surface area contributed by atoms with Gasteiger partial charge in [0.15, 0.2) is 0 Å². The van der Waals surface area contributed by atoms with Crippen molar-refractivity contribution in [3.8, 4) is 0 Å². The molecule has 0 aliphatic heterocycles. The number of hydrogen-bond acceptors (Lipinski definition) is 3. The van der Waals surface area contributed by atoms with Crippen molar-refractivity contribution in [2.24, 2.45) is 0 Å². The van der Waals surface area contributed by atoms with Gasteiger partial charge in [0.2, 0.25) is 5.91 Å². The van der Waals surface area contributed by atoms with Crippen LogP contribution in [0, 0.1) is 13.8 Å². The Morgan fingerprint density at radius 3 is 2.56 bits per heavy atom. The van der Waals surface area contributed by atoms with Gasteiger partial charge in [-0.1, -0.05) is 48.9 Å². The Kier molecular flexibility index (Phi) is 5.69. The molecule has 0 spiro atoms. The Morgan fingerprint density at radius 2 is 1.85 bits per heavy atom. The Balaban J connectivity index is 1.83. The van der Waals surface area contributed by atoms with Crippen LogP contribution in [-0.2, 0) is 17.9 Å². The third kappa shape index (κ3) is 4.25. The van der Waals surface area contributed by atoms with Gasteiger partial charge in [0, 0.05) is 13.1 Å². The number of fused-ring (bicyclic) bond motifs is 1. The van der Waals surface area contributed by atoms with Gasteiger partial charge in [-0.3, -0.25) is 14.2 Å². The number of hydrogen-bond donors (Lipinski definition) is 0. The standard InChI is InChI=1S/C22H25N3O2/c1-4-12-24(13-18-10-8-16(2)9-11-18)20(26)14-25-15-23-21-17(3)6-5-7-19(21)22(25)27/h5-11,15H,4,12-14H2,1-3H3. The smallest absolute Gasteiger partial charge is 0.261 e. The molecule has 0 atom stereocenters. The second-order valence-corrected chi connectivity index (χ2v) is 6.95. The minimum Gasteiger partial charge on any atom is -0.337 e. The zero-order chi connectivity index (χ0) is 19.4. The molecular formula is C22H25N3O2. The van der Waals surface area contributed by atoms with Crippen LogP contribution >= 0.6 is 0 Å². The van der Waals surface area contributed by atoms with Crippen LogP contribution in [-0.4, -0.2) is 26.9 Å². The normalized spacial score (nSPS) is 10.9. The lowest BCUT2D eigenvalue weighted by Gasteiger charge is -2.23. The van der Waals surface area contributed by atoms with Gasteiger partial charge < -0.3 is 4.90 Å². The maximum absolute atomic E-state index is 12.9. The highest BCUT2D eigenvalue weighted by Crippen LogP contribution is 2.12. The molecule has 0 aliphatic carbocycles. The molecule has 2 aromatic carbocycles. The van der Waals surface area contributed by atoms with Crippen LogP contribution in [0.5, 0.6) is 0 Å². The lowest BCUT2D eigenvalue weighted by atomic mass is 10.1. The van der Waals surface area contributed by atoms with Crippen LogP contribution in [0.25, 0.3) is 10.9 Å². The van der Waals surface area contributed by atoms with Gasteiger partial charge in [0.05, 0.1) is 17.2 Å². The first kappa shape index (κ1) is 18.8. The first-order valence-corrected chi connectivity index (χ1v) is 9.27. The monoisotopic (exact) mass is 363 g/mol. The summed E-state index contributed by atoms with van der Waals surface area (Å²) in [5.41, 5.74) is 3.74. The fourth-order valence-electron chi connectivity index (χ4n) is 3.17. The summed E-state index contributed by atoms with van der Waals surface area (Å²) in [5.74, 6) is -0.0756. The van der Waals surface area contributed by atoms with E-state index in [1.807, 2.05) is 57.2 Å². The van der Waals surface area contributed by atoms with Gasteiger partial charge in [-0.15, -0.1) is 0 Å². The predicted molar refractivity (Wildman–Crippen MR) is 108 cm³/mol. The average Bonchev–Trinajstić information content (AvgIpc) is 2.66. The molecule has 5 nitrogen and oxygen atoms in total. The maximum Gasteiger partial charge on any atom is 0.261 e. The average molecular weight is 363 g/mol. The summed E-state index contributed by atoms with van der Waals surface area (Å²) in [6.07, 6.45) is 2.34. The van der Waals surface area contributed by atoms with Gasteiger partial charge in [-0.25, -0.2) is 4.98 Å². The highest BCUT2D eigenvalue weighted by molar-refractivity contribution is 5.81. The number of para-hydroxylation sites is 1. The van der Waals surface area contributed by atoms with Gasteiger partial charge in [0.1, 0.15) is 6.54 Å². The molecule has 1 heterocycles. The molecule has 0 N–H and O–H groups in total. The molecule has 1 aromatic heterocycles. The van der Waals surface area contributed by atoms with Gasteiger partial charge >= 0.3 is 0 Å². The quantitative estimate of drug-likeness (QED) is 0.674. The van der Waals surface area contributed by atoms with Crippen molar-refractivity contribution in [3.05, 3.63) is 75.8 Å². The number of carbonyl (C=O) groups is 1. The van der Waals surface area contributed by atoms with Crippen LogP contribution in [0.1, 0.15) is 30.0 Å². The van der Waals surface area contributed by atoms with Crippen molar-refractivity contribution in [1.82, 2.24) is 14.5 Å². The minimum atomic E-state index is -0.177. The Labute approximate surface area is 159 Å². The molecule has 0 saturated carbocycles. The van der Waals surface area contributed by atoms with E-state index in [9.17, 15) is 9.59 Å². The molecule has 140 valence electrons. The number of benzene rings is 2. The van der Waals surface area contributed by atoms with Crippen molar-refractivity contribution in [3.63, 3.8) is 0 Å². The van der Waals surface area contributed by atoms with E-state index in [2.05, 4.69) is 4.98 Å². The van der Waals surface area contributed by atoms with Gasteiger partial charge in [-0.2, -0.15) is 0 Å². The largest absolute Gasteiger partial charge is 0.337 e. The second kappa shape index (κ2) is 8.16. The summed E-state index contributed by atoms with van der Waals surface area (Å²) in [5, 5.41) is 0.547. The number of carbonyl (C=O) groups excluding carboxylic acids is 1. The van der Waals surface area contributed by atoms with Crippen molar-refractivity contribution >= 4 is 16.8 Å². The minimum absolute atomic E-state index is 0.00156. The number of aromatic nitrogens is 2. The molecule has 0 aliphatic rings. The summed E-state index contributed by atoms with van der Waals surface area (Å²) in [6, 6.07) is 13.7. The fourth-order valence-corrected chi connectivity index (χ4v) is 3.17. The van der Waals surface area contributed by atoms with E-state index in [4.69, 9.17) is 0 Å². The lowest BCUT2D eigenvalue weighted by molar-refractivity contribution is -0.132. The van der Waals surface area contributed by atoms with Crippen molar-refractivity contribution in [2.75, 3.05) is 6.54 Å². The van der Waals surface area contributed by atoms with Crippen LogP contribution in [0.2, 0.25) is 0 Å². The number of aryl methyl sites for hydroxylation is 2. The molecule has 0 bridgehead atoms. The fraction of sp³-hybridized carbons (Fsp3) is 0.318. The molecule has 3 rings (SSSR count). The number of rotatable bonds is 6. The summed E-state index contributed by atoms with van der Waals surface area (Å²) >= 11 is 0. The molecular weight excluding hydrogens is 338 g/mol. The van der Waals surface area contributed by atoms with Crippen molar-refractivity contribution in [1.29, 1.82) is 0 Å². The SMILES string of the molecule is CCCN(Cc1ccc(C)cc1)C(=O)Cn1cnc2c(C)cccc2c1=O. The Hall–Kier alpha value is -2.95. The van der Waals surface area contributed by atoms with E-state index in [1.165, 1.54) is 16.5 Å². The summed E-state index contributed by atoms with van der Waals surface area (Å²) in [6.45, 7) is 7.21. The van der Waals surface area contributed by atoms with Gasteiger partial charge in [-0.05, 0) is 37.5 Å². The van der Waals surface area contributed by atoms with E-state index >= 15 is 0 Å². The first-order chi connectivity index (χ1) is 13.0. The third-order valence-corrected chi connectivity index (χ3v) is 4.70. The van der Waals surface area contributed by atoms with Crippen LogP contribution < -0.4 is 5.56 Å². The van der Waals surface area contributed by atoms with Crippen molar-refractivity contribution < 1.29 is 4.79 Å². The van der Waals surface area contributed by atoms with E-state index in [0.29, 0.717) is 24.0 Å². The van der Waals surface area contributed by atoms with Crippen LogP contribution in [0.3, 0.4) is 0 Å². The molecule has 0 fully saturated rings. The van der Waals surface area contributed by atoms with E-state index < -0.39 is 0 Å². The second-order valence-electron chi connectivity index (χ2n) is 6.95. The molecule has 1 amide bonds. The highest BCUT2D eigenvalue weighted by Gasteiger charge is 2.16. The Morgan fingerprint density at radius 1 is 1.11 bits per heavy atom. The molecule has 5 heteroatoms. The summed E-state index contributed by atoms with van der Waals surface area (Å²) in [7, 11) is 0. The third-order valence-electron chi connectivity index (χ3n) is 4.70. The van der Waals surface area contributed by atoms with Crippen LogP contribution in [0.4, 0.5) is 0 Å². The Bertz CT molecular complexity index is 1010. The lowest BCUT2D eigenvalue weighted by Crippen LogP contribution is -2.36. The zero-order valence-electron chi connectivity index (χ0n) is 16.1. The zero-order valence-corrected chi connectivity index (χ0v) is 16.1. The predicted octanol–water partition coefficient (Wildman–Crippen LogP) is 3.45. The molecule has 0 radical (unpaired) electrons. The number of amides is 1. The molecule has 0 unspecified atom stereocenters.